The maximum absolute atomic E-state index is 12.6. The molecule has 2 aromatic rings. The highest BCUT2D eigenvalue weighted by molar-refractivity contribution is 6.07. The molecule has 4 rings (SSSR count). The molecule has 2 saturated heterocycles. The van der Waals surface area contributed by atoms with E-state index in [0.29, 0.717) is 24.3 Å². The van der Waals surface area contributed by atoms with Crippen LogP contribution in [0.3, 0.4) is 0 Å². The van der Waals surface area contributed by atoms with Crippen molar-refractivity contribution >= 4 is 23.4 Å². The molecule has 0 saturated carbocycles. The van der Waals surface area contributed by atoms with Gasteiger partial charge in [-0.25, -0.2) is 4.98 Å². The van der Waals surface area contributed by atoms with Crippen LogP contribution >= 0.6 is 0 Å². The summed E-state index contributed by atoms with van der Waals surface area (Å²) < 4.78 is 5.42. The minimum absolute atomic E-state index is 0.201. The molecule has 0 unspecified atom stereocenters. The Morgan fingerprint density at radius 3 is 2.48 bits per heavy atom. The molecule has 0 bridgehead atoms. The Labute approximate surface area is 183 Å². The van der Waals surface area contributed by atoms with Crippen LogP contribution in [0.1, 0.15) is 49.4 Å². The molecular formula is C23H32N6O2. The number of nitrogens with zero attached hydrogens (tertiary/aromatic N) is 4. The van der Waals surface area contributed by atoms with Crippen molar-refractivity contribution in [2.75, 3.05) is 48.7 Å². The average molecular weight is 425 g/mol. The summed E-state index contributed by atoms with van der Waals surface area (Å²) in [5, 5.41) is 2.84. The first-order chi connectivity index (χ1) is 15.1. The lowest BCUT2D eigenvalue weighted by Gasteiger charge is -2.40. The van der Waals surface area contributed by atoms with Crippen LogP contribution in [0.15, 0.2) is 30.5 Å². The lowest BCUT2D eigenvalue weighted by molar-refractivity contribution is 0.102. The number of carbonyl (C=O) groups excluding carboxylic acids is 1. The van der Waals surface area contributed by atoms with Gasteiger partial charge >= 0.3 is 0 Å². The molecule has 0 radical (unpaired) electrons. The zero-order valence-electron chi connectivity index (χ0n) is 18.2. The number of amides is 1. The second-order valence-corrected chi connectivity index (χ2v) is 8.20. The summed E-state index contributed by atoms with van der Waals surface area (Å²) in [5.41, 5.74) is 7.07. The maximum atomic E-state index is 12.6. The van der Waals surface area contributed by atoms with E-state index in [1.54, 1.807) is 12.1 Å². The van der Waals surface area contributed by atoms with E-state index in [1.165, 1.54) is 38.5 Å². The summed E-state index contributed by atoms with van der Waals surface area (Å²) >= 11 is 0. The standard InChI is InChI=1S/C23H32N6O2/c1-2-31-19-8-6-17(7-9-19)26-22(30)20-16-25-23(27-21(20)24)29-14-10-18(11-15-29)28-12-4-3-5-13-28/h6-9,16,18H,2-5,10-15H2,1H3,(H,26,30)(H2,24,25,27). The van der Waals surface area contributed by atoms with Crippen LogP contribution in [0.4, 0.5) is 17.5 Å². The first kappa shape index (κ1) is 21.4. The summed E-state index contributed by atoms with van der Waals surface area (Å²) in [6.07, 6.45) is 7.76. The zero-order valence-corrected chi connectivity index (χ0v) is 18.2. The first-order valence-electron chi connectivity index (χ1n) is 11.3. The number of rotatable bonds is 6. The largest absolute Gasteiger partial charge is 0.494 e. The molecule has 3 heterocycles. The van der Waals surface area contributed by atoms with E-state index in [2.05, 4.69) is 25.1 Å². The number of piperidine rings is 2. The molecule has 0 spiro atoms. The Kier molecular flexibility index (Phi) is 6.86. The van der Waals surface area contributed by atoms with Crippen molar-refractivity contribution in [3.05, 3.63) is 36.0 Å². The Balaban J connectivity index is 1.35. The van der Waals surface area contributed by atoms with Crippen LogP contribution in [0.25, 0.3) is 0 Å². The van der Waals surface area contributed by atoms with Gasteiger partial charge in [-0.3, -0.25) is 4.79 Å². The number of benzene rings is 1. The molecule has 8 nitrogen and oxygen atoms in total. The van der Waals surface area contributed by atoms with Crippen LogP contribution in [0.5, 0.6) is 5.75 Å². The van der Waals surface area contributed by atoms with Gasteiger partial charge in [0.25, 0.3) is 5.91 Å². The Bertz CT molecular complexity index is 874. The van der Waals surface area contributed by atoms with Gasteiger partial charge in [-0.15, -0.1) is 0 Å². The highest BCUT2D eigenvalue weighted by atomic mass is 16.5. The number of anilines is 3. The van der Waals surface area contributed by atoms with Crippen LogP contribution in [0, 0.1) is 0 Å². The molecule has 1 aromatic heterocycles. The minimum atomic E-state index is -0.322. The van der Waals surface area contributed by atoms with Crippen LogP contribution in [-0.4, -0.2) is 59.6 Å². The Morgan fingerprint density at radius 1 is 1.13 bits per heavy atom. The maximum Gasteiger partial charge on any atom is 0.260 e. The fourth-order valence-electron chi connectivity index (χ4n) is 4.43. The Hall–Kier alpha value is -2.87. The number of nitrogens with one attached hydrogen (secondary N) is 1. The summed E-state index contributed by atoms with van der Waals surface area (Å²) in [7, 11) is 0. The van der Waals surface area contributed by atoms with Crippen molar-refractivity contribution in [1.29, 1.82) is 0 Å². The summed E-state index contributed by atoms with van der Waals surface area (Å²) in [6, 6.07) is 7.88. The highest BCUT2D eigenvalue weighted by Gasteiger charge is 2.27. The highest BCUT2D eigenvalue weighted by Crippen LogP contribution is 2.24. The van der Waals surface area contributed by atoms with Crippen molar-refractivity contribution in [3.8, 4) is 5.75 Å². The number of hydrogen-bond acceptors (Lipinski definition) is 7. The van der Waals surface area contributed by atoms with E-state index in [1.807, 2.05) is 19.1 Å². The molecule has 3 N–H and O–H groups in total. The van der Waals surface area contributed by atoms with E-state index in [9.17, 15) is 4.79 Å². The number of ether oxygens (including phenoxy) is 1. The van der Waals surface area contributed by atoms with Gasteiger partial charge in [0.1, 0.15) is 17.1 Å². The minimum Gasteiger partial charge on any atom is -0.494 e. The smallest absolute Gasteiger partial charge is 0.260 e. The van der Waals surface area contributed by atoms with E-state index >= 15 is 0 Å². The fourth-order valence-corrected chi connectivity index (χ4v) is 4.43. The predicted molar refractivity (Wildman–Crippen MR) is 123 cm³/mol. The van der Waals surface area contributed by atoms with Gasteiger partial charge in [0.2, 0.25) is 5.95 Å². The van der Waals surface area contributed by atoms with Gasteiger partial charge in [0.05, 0.1) is 6.61 Å². The molecule has 0 aliphatic carbocycles. The molecule has 1 amide bonds. The second-order valence-electron chi connectivity index (χ2n) is 8.20. The fraction of sp³-hybridized carbons (Fsp3) is 0.522. The quantitative estimate of drug-likeness (QED) is 0.735. The lowest BCUT2D eigenvalue weighted by Crippen LogP contribution is -2.47. The van der Waals surface area contributed by atoms with Crippen LogP contribution in [0.2, 0.25) is 0 Å². The first-order valence-corrected chi connectivity index (χ1v) is 11.3. The van der Waals surface area contributed by atoms with Gasteiger partial charge in [0, 0.05) is 31.0 Å². The van der Waals surface area contributed by atoms with Crippen molar-refractivity contribution in [3.63, 3.8) is 0 Å². The van der Waals surface area contributed by atoms with Crippen molar-refractivity contribution in [2.45, 2.75) is 45.1 Å². The average Bonchev–Trinajstić information content (AvgIpc) is 2.81. The van der Waals surface area contributed by atoms with Crippen molar-refractivity contribution < 1.29 is 9.53 Å². The third-order valence-corrected chi connectivity index (χ3v) is 6.13. The third-order valence-electron chi connectivity index (χ3n) is 6.13. The molecule has 8 heteroatoms. The van der Waals surface area contributed by atoms with Crippen molar-refractivity contribution in [2.24, 2.45) is 0 Å². The summed E-state index contributed by atoms with van der Waals surface area (Å²) in [6.45, 7) is 6.82. The summed E-state index contributed by atoms with van der Waals surface area (Å²) in [4.78, 5) is 26.3. The number of nitrogen functional groups attached to an aromatic ring is 1. The lowest BCUT2D eigenvalue weighted by atomic mass is 10.0. The normalized spacial score (nSPS) is 18.0. The monoisotopic (exact) mass is 424 g/mol. The number of hydrogen-bond donors (Lipinski definition) is 2. The number of aromatic nitrogens is 2. The van der Waals surface area contributed by atoms with Crippen LogP contribution < -0.4 is 20.7 Å². The zero-order chi connectivity index (χ0) is 21.6. The van der Waals surface area contributed by atoms with E-state index < -0.39 is 0 Å². The SMILES string of the molecule is CCOc1ccc(NC(=O)c2cnc(N3CCC(N4CCCCC4)CC3)nc2N)cc1. The molecule has 31 heavy (non-hydrogen) atoms. The second kappa shape index (κ2) is 9.96. The van der Waals surface area contributed by atoms with Crippen molar-refractivity contribution in [1.82, 2.24) is 14.9 Å². The van der Waals surface area contributed by atoms with Gasteiger partial charge < -0.3 is 25.6 Å². The van der Waals surface area contributed by atoms with E-state index in [-0.39, 0.29) is 17.3 Å². The molecule has 1 aromatic carbocycles. The van der Waals surface area contributed by atoms with Gasteiger partial charge in [-0.1, -0.05) is 6.42 Å². The molecule has 2 aliphatic heterocycles. The number of carbonyl (C=O) groups is 1. The number of likely N-dealkylation sites (tertiary alicyclic amines) is 1. The van der Waals surface area contributed by atoms with Gasteiger partial charge in [0.15, 0.2) is 0 Å². The van der Waals surface area contributed by atoms with Gasteiger partial charge in [-0.2, -0.15) is 4.98 Å². The molecule has 2 aliphatic rings. The van der Waals surface area contributed by atoms with Gasteiger partial charge in [-0.05, 0) is 70.0 Å². The van der Waals surface area contributed by atoms with E-state index in [0.717, 1.165) is 31.7 Å². The molecule has 166 valence electrons. The third kappa shape index (κ3) is 5.25. The predicted octanol–water partition coefficient (Wildman–Crippen LogP) is 3.16. The topological polar surface area (TPSA) is 96.6 Å². The number of nitrogens with two attached hydrogens (primary N) is 1. The Morgan fingerprint density at radius 2 is 1.84 bits per heavy atom. The summed E-state index contributed by atoms with van der Waals surface area (Å²) in [5.74, 6) is 1.24. The van der Waals surface area contributed by atoms with Crippen LogP contribution in [-0.2, 0) is 0 Å². The molecule has 2 fully saturated rings. The molecular weight excluding hydrogens is 392 g/mol. The van der Waals surface area contributed by atoms with E-state index in [4.69, 9.17) is 10.5 Å². The molecule has 0 atom stereocenters.